The van der Waals surface area contributed by atoms with Crippen LogP contribution in [-0.2, 0) is 12.1 Å². The largest absolute Gasteiger partial charge is 0.490 e. The molecule has 0 saturated heterocycles. The fraction of sp³-hybridized carbons (Fsp3) is 0.296. The molecule has 31 heavy (non-hydrogen) atoms. The minimum atomic E-state index is -0.732. The third kappa shape index (κ3) is 4.15. The van der Waals surface area contributed by atoms with E-state index in [-0.39, 0.29) is 12.0 Å². The minimum absolute atomic E-state index is 0.0334. The molecule has 1 aliphatic rings. The molecule has 0 aliphatic carbocycles. The third-order valence-electron chi connectivity index (χ3n) is 6.10. The van der Waals surface area contributed by atoms with Crippen molar-refractivity contribution in [3.63, 3.8) is 0 Å². The summed E-state index contributed by atoms with van der Waals surface area (Å²) in [5.74, 6) is 0.842. The van der Waals surface area contributed by atoms with E-state index in [9.17, 15) is 4.79 Å². The molecule has 3 aromatic carbocycles. The number of benzene rings is 3. The van der Waals surface area contributed by atoms with E-state index in [0.717, 1.165) is 29.8 Å². The highest BCUT2D eigenvalue weighted by atomic mass is 16.5. The first-order valence-corrected chi connectivity index (χ1v) is 11.0. The number of carbonyl (C=O) groups excluding carboxylic acids is 1. The SMILES string of the molecule is CCC(C)Oc1ccccc1C1(C)Nc2ccccc2C(=O)N1CCc1ccccc1. The van der Waals surface area contributed by atoms with Crippen molar-refractivity contribution in [3.05, 3.63) is 95.6 Å². The van der Waals surface area contributed by atoms with Gasteiger partial charge in [0, 0.05) is 17.8 Å². The number of anilines is 1. The van der Waals surface area contributed by atoms with E-state index in [0.29, 0.717) is 12.1 Å². The average molecular weight is 415 g/mol. The molecule has 1 N–H and O–H groups in total. The normalized spacial score (nSPS) is 18.8. The maximum Gasteiger partial charge on any atom is 0.258 e. The summed E-state index contributed by atoms with van der Waals surface area (Å²) in [7, 11) is 0. The van der Waals surface area contributed by atoms with Gasteiger partial charge in [0.2, 0.25) is 0 Å². The Labute approximate surface area is 184 Å². The average Bonchev–Trinajstić information content (AvgIpc) is 2.80. The Hall–Kier alpha value is -3.27. The molecule has 4 rings (SSSR count). The van der Waals surface area contributed by atoms with Crippen LogP contribution in [0.15, 0.2) is 78.9 Å². The Bertz CT molecular complexity index is 1050. The quantitative estimate of drug-likeness (QED) is 0.527. The molecule has 2 atom stereocenters. The molecular weight excluding hydrogens is 384 g/mol. The van der Waals surface area contributed by atoms with Gasteiger partial charge in [-0.05, 0) is 50.5 Å². The Kier molecular flexibility index (Phi) is 5.99. The van der Waals surface area contributed by atoms with Gasteiger partial charge in [-0.1, -0.05) is 67.6 Å². The van der Waals surface area contributed by atoms with Gasteiger partial charge in [0.15, 0.2) is 0 Å². The van der Waals surface area contributed by atoms with E-state index in [1.54, 1.807) is 0 Å². The summed E-state index contributed by atoms with van der Waals surface area (Å²) in [5.41, 5.74) is 2.99. The summed E-state index contributed by atoms with van der Waals surface area (Å²) in [6.45, 7) is 6.85. The summed E-state index contributed by atoms with van der Waals surface area (Å²) in [6, 6.07) is 26.1. The van der Waals surface area contributed by atoms with Gasteiger partial charge < -0.3 is 15.0 Å². The summed E-state index contributed by atoms with van der Waals surface area (Å²) < 4.78 is 6.27. The predicted octanol–water partition coefficient (Wildman–Crippen LogP) is 5.85. The van der Waals surface area contributed by atoms with E-state index in [4.69, 9.17) is 4.74 Å². The van der Waals surface area contributed by atoms with E-state index in [1.165, 1.54) is 5.56 Å². The molecule has 0 aromatic heterocycles. The molecule has 0 radical (unpaired) electrons. The number of rotatable bonds is 7. The third-order valence-corrected chi connectivity index (χ3v) is 6.10. The van der Waals surface area contributed by atoms with Crippen LogP contribution in [-0.4, -0.2) is 23.5 Å². The second kappa shape index (κ2) is 8.84. The second-order valence-electron chi connectivity index (χ2n) is 8.27. The van der Waals surface area contributed by atoms with Crippen molar-refractivity contribution in [3.8, 4) is 5.75 Å². The predicted molar refractivity (Wildman–Crippen MR) is 125 cm³/mol. The van der Waals surface area contributed by atoms with Crippen molar-refractivity contribution >= 4 is 11.6 Å². The Morgan fingerprint density at radius 1 is 0.968 bits per heavy atom. The molecule has 3 aromatic rings. The van der Waals surface area contributed by atoms with Crippen molar-refractivity contribution < 1.29 is 9.53 Å². The van der Waals surface area contributed by atoms with Gasteiger partial charge >= 0.3 is 0 Å². The number of hydrogen-bond acceptors (Lipinski definition) is 3. The van der Waals surface area contributed by atoms with Crippen molar-refractivity contribution in [1.29, 1.82) is 0 Å². The zero-order chi connectivity index (χ0) is 21.8. The fourth-order valence-electron chi connectivity index (χ4n) is 4.15. The van der Waals surface area contributed by atoms with Crippen molar-refractivity contribution in [1.82, 2.24) is 4.90 Å². The number of nitrogens with zero attached hydrogens (tertiary/aromatic N) is 1. The summed E-state index contributed by atoms with van der Waals surface area (Å²) in [5, 5.41) is 3.66. The number of nitrogens with one attached hydrogen (secondary N) is 1. The summed E-state index contributed by atoms with van der Waals surface area (Å²) in [4.78, 5) is 15.6. The number of hydrogen-bond donors (Lipinski definition) is 1. The fourth-order valence-corrected chi connectivity index (χ4v) is 4.15. The lowest BCUT2D eigenvalue weighted by atomic mass is 9.92. The van der Waals surface area contributed by atoms with E-state index in [2.05, 4.69) is 44.3 Å². The number of carbonyl (C=O) groups is 1. The lowest BCUT2D eigenvalue weighted by Crippen LogP contribution is -2.56. The monoisotopic (exact) mass is 414 g/mol. The van der Waals surface area contributed by atoms with Crippen LogP contribution < -0.4 is 10.1 Å². The topological polar surface area (TPSA) is 41.6 Å². The highest BCUT2D eigenvalue weighted by Crippen LogP contribution is 2.41. The zero-order valence-corrected chi connectivity index (χ0v) is 18.5. The molecule has 160 valence electrons. The van der Waals surface area contributed by atoms with E-state index >= 15 is 0 Å². The summed E-state index contributed by atoms with van der Waals surface area (Å²) >= 11 is 0. The molecule has 0 bridgehead atoms. The minimum Gasteiger partial charge on any atom is -0.490 e. The maximum atomic E-state index is 13.7. The standard InChI is InChI=1S/C27H30N2O2/c1-4-20(2)31-25-17-11-9-15-23(25)27(3)28-24-16-10-8-14-22(24)26(30)29(27)19-18-21-12-6-5-7-13-21/h5-17,20,28H,4,18-19H2,1-3H3. The first kappa shape index (κ1) is 21.0. The second-order valence-corrected chi connectivity index (χ2v) is 8.27. The van der Waals surface area contributed by atoms with Crippen LogP contribution >= 0.6 is 0 Å². The highest BCUT2D eigenvalue weighted by Gasteiger charge is 2.43. The van der Waals surface area contributed by atoms with Gasteiger partial charge in [-0.25, -0.2) is 0 Å². The van der Waals surface area contributed by atoms with Crippen LogP contribution in [0.1, 0.15) is 48.7 Å². The van der Waals surface area contributed by atoms with Crippen LogP contribution in [0.4, 0.5) is 5.69 Å². The maximum absolute atomic E-state index is 13.7. The number of para-hydroxylation sites is 2. The van der Waals surface area contributed by atoms with Gasteiger partial charge in [-0.2, -0.15) is 0 Å². The van der Waals surface area contributed by atoms with E-state index < -0.39 is 5.66 Å². The van der Waals surface area contributed by atoms with Crippen LogP contribution in [0.3, 0.4) is 0 Å². The molecular formula is C27H30N2O2. The molecule has 1 heterocycles. The lowest BCUT2D eigenvalue weighted by molar-refractivity contribution is 0.0530. The van der Waals surface area contributed by atoms with Gasteiger partial charge in [0.1, 0.15) is 11.4 Å². The number of amides is 1. The molecule has 4 nitrogen and oxygen atoms in total. The van der Waals surface area contributed by atoms with Gasteiger partial charge in [-0.15, -0.1) is 0 Å². The number of fused-ring (bicyclic) bond motifs is 1. The first-order valence-electron chi connectivity index (χ1n) is 11.0. The molecule has 0 fully saturated rings. The molecule has 0 spiro atoms. The Morgan fingerprint density at radius 3 is 2.42 bits per heavy atom. The number of ether oxygens (including phenoxy) is 1. The smallest absolute Gasteiger partial charge is 0.258 e. The van der Waals surface area contributed by atoms with Crippen molar-refractivity contribution in [2.75, 3.05) is 11.9 Å². The molecule has 2 unspecified atom stereocenters. The Balaban J connectivity index is 1.76. The van der Waals surface area contributed by atoms with Crippen LogP contribution in [0, 0.1) is 0 Å². The van der Waals surface area contributed by atoms with E-state index in [1.807, 2.05) is 65.6 Å². The van der Waals surface area contributed by atoms with Crippen LogP contribution in [0.25, 0.3) is 0 Å². The molecule has 1 amide bonds. The van der Waals surface area contributed by atoms with Crippen molar-refractivity contribution in [2.45, 2.75) is 45.4 Å². The van der Waals surface area contributed by atoms with Gasteiger partial charge in [0.05, 0.1) is 11.7 Å². The zero-order valence-electron chi connectivity index (χ0n) is 18.5. The van der Waals surface area contributed by atoms with Crippen LogP contribution in [0.5, 0.6) is 5.75 Å². The molecule has 1 aliphatic heterocycles. The van der Waals surface area contributed by atoms with Gasteiger partial charge in [-0.3, -0.25) is 4.79 Å². The molecule has 4 heteroatoms. The van der Waals surface area contributed by atoms with Crippen molar-refractivity contribution in [2.24, 2.45) is 0 Å². The van der Waals surface area contributed by atoms with Gasteiger partial charge in [0.25, 0.3) is 5.91 Å². The highest BCUT2D eigenvalue weighted by molar-refractivity contribution is 6.02. The molecule has 0 saturated carbocycles. The van der Waals surface area contributed by atoms with Crippen LogP contribution in [0.2, 0.25) is 0 Å². The Morgan fingerprint density at radius 2 is 1.65 bits per heavy atom. The first-order chi connectivity index (χ1) is 15.0. The lowest BCUT2D eigenvalue weighted by Gasteiger charge is -2.47. The summed E-state index contributed by atoms with van der Waals surface area (Å²) in [6.07, 6.45) is 1.78.